The predicted octanol–water partition coefficient (Wildman–Crippen LogP) is 3.03. The molecule has 1 aromatic carbocycles. The topological polar surface area (TPSA) is 43.6 Å². The van der Waals surface area contributed by atoms with Crippen LogP contribution in [0.1, 0.15) is 21.9 Å². The fourth-order valence-electron chi connectivity index (χ4n) is 2.13. The molecule has 3 aromatic rings. The van der Waals surface area contributed by atoms with Gasteiger partial charge >= 0.3 is 0 Å². The van der Waals surface area contributed by atoms with Gasteiger partial charge in [-0.15, -0.1) is 0 Å². The highest BCUT2D eigenvalue weighted by molar-refractivity contribution is 5.84. The summed E-state index contributed by atoms with van der Waals surface area (Å²) in [4.78, 5) is 15.4. The molecule has 0 unspecified atom stereocenters. The summed E-state index contributed by atoms with van der Waals surface area (Å²) >= 11 is 0. The van der Waals surface area contributed by atoms with Gasteiger partial charge in [-0.1, -0.05) is 18.2 Å². The van der Waals surface area contributed by atoms with E-state index in [-0.39, 0.29) is 0 Å². The predicted molar refractivity (Wildman–Crippen MR) is 76.1 cm³/mol. The Morgan fingerprint density at radius 3 is 2.80 bits per heavy atom. The van der Waals surface area contributed by atoms with Gasteiger partial charge in [0, 0.05) is 6.20 Å². The summed E-state index contributed by atoms with van der Waals surface area (Å²) in [6.07, 6.45) is 2.69. The Balaban J connectivity index is 1.94. The second-order valence-corrected chi connectivity index (χ2v) is 4.59. The highest BCUT2D eigenvalue weighted by atomic mass is 16.5. The van der Waals surface area contributed by atoms with Crippen molar-refractivity contribution >= 4 is 11.8 Å². The zero-order valence-electron chi connectivity index (χ0n) is 11.1. The first kappa shape index (κ1) is 12.4. The third-order valence-electron chi connectivity index (χ3n) is 3.12. The molecule has 2 heterocycles. The van der Waals surface area contributed by atoms with Crippen LogP contribution < -0.4 is 4.74 Å². The molecule has 0 saturated carbocycles. The molecule has 0 aliphatic heterocycles. The number of benzene rings is 1. The number of hydrogen-bond donors (Lipinski definition) is 0. The van der Waals surface area contributed by atoms with Crippen molar-refractivity contribution in [1.29, 1.82) is 0 Å². The van der Waals surface area contributed by atoms with E-state index in [0.717, 1.165) is 23.1 Å². The number of fused-ring (bicyclic) bond motifs is 1. The van der Waals surface area contributed by atoms with E-state index in [0.29, 0.717) is 18.1 Å². The van der Waals surface area contributed by atoms with E-state index in [1.54, 1.807) is 0 Å². The van der Waals surface area contributed by atoms with Crippen molar-refractivity contribution in [3.05, 3.63) is 65.7 Å². The lowest BCUT2D eigenvalue weighted by atomic mass is 10.2. The molecular weight excluding hydrogens is 252 g/mol. The second-order valence-electron chi connectivity index (χ2n) is 4.59. The van der Waals surface area contributed by atoms with Crippen LogP contribution in [-0.2, 0) is 6.61 Å². The fraction of sp³-hybridized carbons (Fsp3) is 0.125. The van der Waals surface area contributed by atoms with Crippen LogP contribution >= 0.6 is 0 Å². The normalized spacial score (nSPS) is 10.7. The fourth-order valence-corrected chi connectivity index (χ4v) is 2.13. The molecule has 0 aliphatic carbocycles. The third kappa shape index (κ3) is 2.28. The molecule has 0 radical (unpaired) electrons. The number of aldehydes is 1. The molecule has 0 aliphatic rings. The van der Waals surface area contributed by atoms with E-state index in [4.69, 9.17) is 4.74 Å². The maximum atomic E-state index is 11.1. The third-order valence-corrected chi connectivity index (χ3v) is 3.12. The molecular formula is C16H14N2O2. The van der Waals surface area contributed by atoms with Gasteiger partial charge in [0.2, 0.25) is 0 Å². The first-order valence-electron chi connectivity index (χ1n) is 6.38. The quantitative estimate of drug-likeness (QED) is 0.682. The number of para-hydroxylation sites is 1. The molecule has 0 bridgehead atoms. The van der Waals surface area contributed by atoms with Crippen molar-refractivity contribution in [2.45, 2.75) is 13.5 Å². The van der Waals surface area contributed by atoms with E-state index < -0.39 is 0 Å². The van der Waals surface area contributed by atoms with Crippen LogP contribution in [0.3, 0.4) is 0 Å². The first-order chi connectivity index (χ1) is 9.78. The molecule has 0 atom stereocenters. The SMILES string of the molecule is Cc1ccn2c(COc3ccccc3)nc(C=O)c2c1. The number of rotatable bonds is 4. The van der Waals surface area contributed by atoms with Crippen LogP contribution in [0, 0.1) is 6.92 Å². The van der Waals surface area contributed by atoms with Crippen molar-refractivity contribution in [3.8, 4) is 5.75 Å². The van der Waals surface area contributed by atoms with E-state index in [9.17, 15) is 4.79 Å². The van der Waals surface area contributed by atoms with Gasteiger partial charge in [-0.25, -0.2) is 4.98 Å². The lowest BCUT2D eigenvalue weighted by molar-refractivity contribution is 0.112. The van der Waals surface area contributed by atoms with Crippen LogP contribution in [0.25, 0.3) is 5.52 Å². The van der Waals surface area contributed by atoms with Gasteiger partial charge < -0.3 is 9.14 Å². The first-order valence-corrected chi connectivity index (χ1v) is 6.38. The van der Waals surface area contributed by atoms with Crippen LogP contribution in [0.4, 0.5) is 0 Å². The van der Waals surface area contributed by atoms with Crippen LogP contribution in [-0.4, -0.2) is 15.7 Å². The summed E-state index contributed by atoms with van der Waals surface area (Å²) in [5, 5.41) is 0. The molecule has 3 rings (SSSR count). The molecule has 4 heteroatoms. The van der Waals surface area contributed by atoms with Crippen molar-refractivity contribution in [2.24, 2.45) is 0 Å². The van der Waals surface area contributed by atoms with Gasteiger partial charge in [-0.05, 0) is 36.8 Å². The van der Waals surface area contributed by atoms with Gasteiger partial charge in [-0.3, -0.25) is 4.79 Å². The standard InChI is InChI=1S/C16H14N2O2/c1-12-7-8-18-15(9-12)14(10-19)17-16(18)11-20-13-5-3-2-4-6-13/h2-10H,11H2,1H3. The number of aryl methyl sites for hydroxylation is 1. The largest absolute Gasteiger partial charge is 0.486 e. The van der Waals surface area contributed by atoms with Crippen LogP contribution in [0.2, 0.25) is 0 Å². The Bertz CT molecular complexity index is 748. The molecule has 100 valence electrons. The minimum absolute atomic E-state index is 0.322. The zero-order valence-corrected chi connectivity index (χ0v) is 11.1. The van der Waals surface area contributed by atoms with Gasteiger partial charge in [-0.2, -0.15) is 0 Å². The average Bonchev–Trinajstić information content (AvgIpc) is 2.83. The van der Waals surface area contributed by atoms with E-state index in [1.165, 1.54) is 0 Å². The Labute approximate surface area is 116 Å². The Morgan fingerprint density at radius 1 is 1.25 bits per heavy atom. The molecule has 0 fully saturated rings. The van der Waals surface area contributed by atoms with Gasteiger partial charge in [0.25, 0.3) is 0 Å². The van der Waals surface area contributed by atoms with E-state index in [2.05, 4.69) is 4.98 Å². The summed E-state index contributed by atoms with van der Waals surface area (Å²) < 4.78 is 7.58. The summed E-state index contributed by atoms with van der Waals surface area (Å²) in [5.41, 5.74) is 2.35. The maximum Gasteiger partial charge on any atom is 0.170 e. The number of pyridine rings is 1. The Kier molecular flexibility index (Phi) is 3.21. The van der Waals surface area contributed by atoms with Crippen molar-refractivity contribution < 1.29 is 9.53 Å². The molecule has 0 spiro atoms. The number of carbonyl (C=O) groups is 1. The summed E-state index contributed by atoms with van der Waals surface area (Å²) in [6.45, 7) is 2.31. The summed E-state index contributed by atoms with van der Waals surface area (Å²) in [7, 11) is 0. The van der Waals surface area contributed by atoms with Gasteiger partial charge in [0.05, 0.1) is 5.52 Å². The molecule has 20 heavy (non-hydrogen) atoms. The minimum Gasteiger partial charge on any atom is -0.486 e. The van der Waals surface area contributed by atoms with Crippen molar-refractivity contribution in [2.75, 3.05) is 0 Å². The average molecular weight is 266 g/mol. The van der Waals surface area contributed by atoms with E-state index in [1.807, 2.05) is 60.0 Å². The maximum absolute atomic E-state index is 11.1. The number of imidazole rings is 1. The number of nitrogens with zero attached hydrogens (tertiary/aromatic N) is 2. The highest BCUT2D eigenvalue weighted by Crippen LogP contribution is 2.16. The molecule has 4 nitrogen and oxygen atoms in total. The number of ether oxygens (including phenoxy) is 1. The second kappa shape index (κ2) is 5.17. The lowest BCUT2D eigenvalue weighted by Crippen LogP contribution is -2.01. The van der Waals surface area contributed by atoms with Gasteiger partial charge in [0.15, 0.2) is 12.1 Å². The lowest BCUT2D eigenvalue weighted by Gasteiger charge is -2.05. The monoisotopic (exact) mass is 266 g/mol. The smallest absolute Gasteiger partial charge is 0.170 e. The number of aromatic nitrogens is 2. The molecule has 2 aromatic heterocycles. The Morgan fingerprint density at radius 2 is 2.05 bits per heavy atom. The van der Waals surface area contributed by atoms with Crippen LogP contribution in [0.15, 0.2) is 48.7 Å². The molecule has 0 N–H and O–H groups in total. The Hall–Kier alpha value is -2.62. The molecule has 0 saturated heterocycles. The number of carbonyl (C=O) groups excluding carboxylic acids is 1. The summed E-state index contributed by atoms with van der Waals surface area (Å²) in [6, 6.07) is 13.5. The van der Waals surface area contributed by atoms with E-state index >= 15 is 0 Å². The van der Waals surface area contributed by atoms with Crippen LogP contribution in [0.5, 0.6) is 5.75 Å². The van der Waals surface area contributed by atoms with Crippen molar-refractivity contribution in [1.82, 2.24) is 9.38 Å². The highest BCUT2D eigenvalue weighted by Gasteiger charge is 2.10. The molecule has 0 amide bonds. The zero-order chi connectivity index (χ0) is 13.9. The summed E-state index contributed by atoms with van der Waals surface area (Å²) in [5.74, 6) is 1.50. The van der Waals surface area contributed by atoms with Crippen molar-refractivity contribution in [3.63, 3.8) is 0 Å². The van der Waals surface area contributed by atoms with Gasteiger partial charge in [0.1, 0.15) is 18.1 Å². The minimum atomic E-state index is 0.322. The number of hydrogen-bond acceptors (Lipinski definition) is 3.